The third-order valence-corrected chi connectivity index (χ3v) is 3.65. The number of benzene rings is 2. The number of nitrogens with one attached hydrogen (secondary N) is 1. The van der Waals surface area contributed by atoms with E-state index in [0.29, 0.717) is 23.6 Å². The lowest BCUT2D eigenvalue weighted by atomic mass is 9.99. The van der Waals surface area contributed by atoms with Gasteiger partial charge in [-0.1, -0.05) is 41.7 Å². The summed E-state index contributed by atoms with van der Waals surface area (Å²) in [7, 11) is -2.61. The van der Waals surface area contributed by atoms with E-state index >= 15 is 0 Å². The van der Waals surface area contributed by atoms with Crippen LogP contribution in [0.25, 0.3) is 0 Å². The molecule has 152 valence electrons. The molecule has 0 saturated heterocycles. The summed E-state index contributed by atoms with van der Waals surface area (Å²) < 4.78 is 62.5. The molecule has 5 nitrogen and oxygen atoms in total. The Morgan fingerprint density at radius 2 is 1.64 bits per heavy atom. The molecule has 2 aromatic carbocycles. The Balaban J connectivity index is 0.000000892. The van der Waals surface area contributed by atoms with Gasteiger partial charge >= 0.3 is 16.7 Å². The van der Waals surface area contributed by atoms with Crippen LogP contribution in [0.4, 0.5) is 13.2 Å². The molecule has 0 atom stereocenters. The molecule has 11 heteroatoms. The lowest BCUT2D eigenvalue weighted by Gasteiger charge is -2.14. The highest BCUT2D eigenvalue weighted by Gasteiger charge is 2.34. The van der Waals surface area contributed by atoms with Gasteiger partial charge in [0.2, 0.25) is 0 Å². The number of nitrogens with zero attached hydrogens (tertiary/aromatic N) is 1. The van der Waals surface area contributed by atoms with Gasteiger partial charge in [0.25, 0.3) is 0 Å². The first-order chi connectivity index (χ1) is 13.0. The summed E-state index contributed by atoms with van der Waals surface area (Å²) in [5.41, 5.74) is -0.688. The zero-order valence-electron chi connectivity index (χ0n) is 14.4. The lowest BCUT2D eigenvalue weighted by Crippen LogP contribution is -2.14. The van der Waals surface area contributed by atoms with Crippen molar-refractivity contribution in [2.45, 2.75) is 25.9 Å². The Hall–Kier alpha value is -2.10. The molecule has 1 N–H and O–H groups in total. The van der Waals surface area contributed by atoms with Crippen molar-refractivity contribution in [2.75, 3.05) is 0 Å². The maximum absolute atomic E-state index is 13.2. The van der Waals surface area contributed by atoms with Crippen LogP contribution >= 0.6 is 23.2 Å². The van der Waals surface area contributed by atoms with Crippen LogP contribution in [0.3, 0.4) is 0 Å². The summed E-state index contributed by atoms with van der Waals surface area (Å²) in [4.78, 5) is 5.26. The van der Waals surface area contributed by atoms with Crippen molar-refractivity contribution in [1.29, 1.82) is 4.78 Å². The molecule has 0 amide bonds. The number of rotatable bonds is 5. The first kappa shape index (κ1) is 23.9. The summed E-state index contributed by atoms with van der Waals surface area (Å²) in [6.07, 6.45) is -3.58. The molecule has 0 aliphatic rings. The molecule has 0 bridgehead atoms. The van der Waals surface area contributed by atoms with Crippen LogP contribution in [0.1, 0.15) is 30.9 Å². The monoisotopic (exact) mass is 454 g/mol. The zero-order chi connectivity index (χ0) is 21.3. The van der Waals surface area contributed by atoms with Gasteiger partial charge in [0, 0.05) is 15.6 Å². The smallest absolute Gasteiger partial charge is 0.357 e. The molecule has 0 aliphatic carbocycles. The standard InChI is InChI=1S/C17H14Cl2F3NO.HNO2S/c1-2-3-16(23-24-13-7-4-11(18)5-8-13)14-10-12(19)6-9-15(14)17(20,21)22;1-4(2)3/h4-10H,2-3H2,1H3;1H/b23-16+;. The molecule has 0 fully saturated rings. The second-order valence-electron chi connectivity index (χ2n) is 5.26. The summed E-state index contributed by atoms with van der Waals surface area (Å²) in [6, 6.07) is 9.78. The number of halogens is 5. The number of hydrogen-bond acceptors (Lipinski definition) is 5. The summed E-state index contributed by atoms with van der Waals surface area (Å²) in [5.74, 6) is 0.378. The fourth-order valence-corrected chi connectivity index (χ4v) is 2.37. The lowest BCUT2D eigenvalue weighted by molar-refractivity contribution is -0.137. The molecule has 0 aromatic heterocycles. The SMILES string of the molecule is CCC/C(=N\Oc1ccc(Cl)cc1)c1cc(Cl)ccc1C(F)(F)F.N=S(=O)=O. The van der Waals surface area contributed by atoms with E-state index in [1.54, 1.807) is 24.3 Å². The van der Waals surface area contributed by atoms with E-state index in [0.717, 1.165) is 6.07 Å². The van der Waals surface area contributed by atoms with Crippen LogP contribution in [0, 0.1) is 4.78 Å². The molecule has 0 radical (unpaired) electrons. The van der Waals surface area contributed by atoms with Crippen LogP contribution in [0.5, 0.6) is 5.75 Å². The van der Waals surface area contributed by atoms with Gasteiger partial charge in [-0.05, 0) is 48.9 Å². The van der Waals surface area contributed by atoms with E-state index in [1.165, 1.54) is 12.1 Å². The number of alkyl halides is 3. The van der Waals surface area contributed by atoms with Crippen molar-refractivity contribution >= 4 is 39.4 Å². The topological polar surface area (TPSA) is 79.6 Å². The molecular weight excluding hydrogens is 440 g/mol. The predicted octanol–water partition coefficient (Wildman–Crippen LogP) is 6.22. The van der Waals surface area contributed by atoms with Crippen LogP contribution in [-0.4, -0.2) is 14.1 Å². The fraction of sp³-hybridized carbons (Fsp3) is 0.235. The average molecular weight is 455 g/mol. The highest BCUT2D eigenvalue weighted by molar-refractivity contribution is 7.60. The highest BCUT2D eigenvalue weighted by atomic mass is 35.5. The Bertz CT molecular complexity index is 925. The Morgan fingerprint density at radius 3 is 2.14 bits per heavy atom. The van der Waals surface area contributed by atoms with Gasteiger partial charge in [-0.2, -0.15) is 26.4 Å². The van der Waals surface area contributed by atoms with Gasteiger partial charge in [-0.25, -0.2) is 0 Å². The Labute approximate surface area is 171 Å². The van der Waals surface area contributed by atoms with E-state index in [9.17, 15) is 13.2 Å². The molecular formula is C17H15Cl2F3N2O3S. The minimum Gasteiger partial charge on any atom is -0.357 e. The maximum atomic E-state index is 13.2. The maximum Gasteiger partial charge on any atom is 0.417 e. The van der Waals surface area contributed by atoms with E-state index in [2.05, 4.69) is 5.16 Å². The Morgan fingerprint density at radius 1 is 1.11 bits per heavy atom. The molecule has 0 unspecified atom stereocenters. The fourth-order valence-electron chi connectivity index (χ4n) is 2.07. The minimum absolute atomic E-state index is 0.0780. The largest absolute Gasteiger partial charge is 0.417 e. The van der Waals surface area contributed by atoms with Crippen LogP contribution in [0.15, 0.2) is 47.6 Å². The van der Waals surface area contributed by atoms with E-state index in [1.807, 2.05) is 6.92 Å². The molecule has 0 saturated carbocycles. The number of oxime groups is 1. The molecule has 0 aliphatic heterocycles. The first-order valence-electron chi connectivity index (χ1n) is 7.71. The molecule has 0 spiro atoms. The van der Waals surface area contributed by atoms with Crippen molar-refractivity contribution in [1.82, 2.24) is 0 Å². The number of hydrogen-bond donors (Lipinski definition) is 1. The second kappa shape index (κ2) is 11.0. The van der Waals surface area contributed by atoms with Gasteiger partial charge in [0.1, 0.15) is 0 Å². The van der Waals surface area contributed by atoms with Crippen molar-refractivity contribution in [3.8, 4) is 5.75 Å². The van der Waals surface area contributed by atoms with Crippen molar-refractivity contribution in [2.24, 2.45) is 5.16 Å². The van der Waals surface area contributed by atoms with Crippen molar-refractivity contribution < 1.29 is 26.4 Å². The molecule has 2 aromatic rings. The van der Waals surface area contributed by atoms with Gasteiger partial charge < -0.3 is 4.84 Å². The first-order valence-corrected chi connectivity index (χ1v) is 9.54. The minimum atomic E-state index is -4.51. The van der Waals surface area contributed by atoms with Gasteiger partial charge in [0.15, 0.2) is 5.75 Å². The average Bonchev–Trinajstić information content (AvgIpc) is 2.58. The third-order valence-electron chi connectivity index (χ3n) is 3.16. The molecule has 28 heavy (non-hydrogen) atoms. The molecule has 0 heterocycles. The van der Waals surface area contributed by atoms with Crippen LogP contribution in [-0.2, 0) is 16.7 Å². The summed E-state index contributed by atoms with van der Waals surface area (Å²) in [5, 5.41) is 4.64. The normalized spacial score (nSPS) is 11.4. The second-order valence-corrected chi connectivity index (χ2v) is 6.60. The van der Waals surface area contributed by atoms with Gasteiger partial charge in [0.05, 0.1) is 11.3 Å². The van der Waals surface area contributed by atoms with Crippen LogP contribution < -0.4 is 4.84 Å². The van der Waals surface area contributed by atoms with Gasteiger partial charge in [-0.15, -0.1) is 0 Å². The Kier molecular flexibility index (Phi) is 9.44. The van der Waals surface area contributed by atoms with Crippen LogP contribution in [0.2, 0.25) is 10.0 Å². The van der Waals surface area contributed by atoms with E-state index in [4.69, 9.17) is 41.2 Å². The van der Waals surface area contributed by atoms with E-state index in [-0.39, 0.29) is 16.3 Å². The third kappa shape index (κ3) is 8.28. The summed E-state index contributed by atoms with van der Waals surface area (Å²) in [6.45, 7) is 1.84. The summed E-state index contributed by atoms with van der Waals surface area (Å²) >= 11 is 11.6. The molecule has 2 rings (SSSR count). The van der Waals surface area contributed by atoms with Crippen molar-refractivity contribution in [3.63, 3.8) is 0 Å². The predicted molar refractivity (Wildman–Crippen MR) is 102 cm³/mol. The quantitative estimate of drug-likeness (QED) is 0.429. The van der Waals surface area contributed by atoms with Crippen molar-refractivity contribution in [3.05, 3.63) is 63.6 Å². The van der Waals surface area contributed by atoms with Gasteiger partial charge in [-0.3, -0.25) is 0 Å². The zero-order valence-corrected chi connectivity index (χ0v) is 16.8. The highest BCUT2D eigenvalue weighted by Crippen LogP contribution is 2.34. The van der Waals surface area contributed by atoms with E-state index < -0.39 is 22.2 Å².